The summed E-state index contributed by atoms with van der Waals surface area (Å²) in [6.45, 7) is 0. The van der Waals surface area contributed by atoms with Gasteiger partial charge in [0.15, 0.2) is 0 Å². The number of hydrogen-bond acceptors (Lipinski definition) is 3. The Morgan fingerprint density at radius 3 is 2.10 bits per heavy atom. The van der Waals surface area contributed by atoms with Gasteiger partial charge in [0.05, 0.1) is 17.4 Å². The highest BCUT2D eigenvalue weighted by molar-refractivity contribution is 5.92. The molecule has 4 nitrogen and oxygen atoms in total. The van der Waals surface area contributed by atoms with Gasteiger partial charge in [-0.2, -0.15) is 0 Å². The average Bonchev–Trinajstić information content (AvgIpc) is 2.48. The van der Waals surface area contributed by atoms with Crippen molar-refractivity contribution in [2.75, 3.05) is 0 Å². The van der Waals surface area contributed by atoms with Crippen LogP contribution >= 0.6 is 0 Å². The van der Waals surface area contributed by atoms with Crippen LogP contribution in [0.15, 0.2) is 60.9 Å². The minimum atomic E-state index is -1.03. The molecule has 0 bridgehead atoms. The van der Waals surface area contributed by atoms with E-state index >= 15 is 0 Å². The zero-order chi connectivity index (χ0) is 14.4. The van der Waals surface area contributed by atoms with Crippen molar-refractivity contribution < 1.29 is 19.4 Å². The van der Waals surface area contributed by atoms with Gasteiger partial charge in [0.25, 0.3) is 0 Å². The van der Waals surface area contributed by atoms with E-state index < -0.39 is 11.9 Å². The first-order chi connectivity index (χ1) is 9.66. The van der Waals surface area contributed by atoms with Crippen LogP contribution in [0.1, 0.15) is 26.3 Å². The predicted octanol–water partition coefficient (Wildman–Crippen LogP) is 3.21. The van der Waals surface area contributed by atoms with Crippen molar-refractivity contribution in [2.45, 2.75) is 0 Å². The molecule has 0 atom stereocenters. The van der Waals surface area contributed by atoms with Gasteiger partial charge in [0, 0.05) is 0 Å². The van der Waals surface area contributed by atoms with Crippen LogP contribution in [0.4, 0.5) is 0 Å². The summed E-state index contributed by atoms with van der Waals surface area (Å²) >= 11 is 0. The van der Waals surface area contributed by atoms with Crippen LogP contribution in [0, 0.1) is 0 Å². The minimum Gasteiger partial charge on any atom is -0.478 e. The molecule has 20 heavy (non-hydrogen) atoms. The second-order valence-corrected chi connectivity index (χ2v) is 4.00. The number of carbonyl (C=O) groups excluding carboxylic acids is 1. The summed E-state index contributed by atoms with van der Waals surface area (Å²) in [7, 11) is 0. The number of aromatic carboxylic acids is 1. The Balaban J connectivity index is 1.98. The number of carbonyl (C=O) groups is 2. The number of esters is 1. The predicted molar refractivity (Wildman–Crippen MR) is 74.3 cm³/mol. The summed E-state index contributed by atoms with van der Waals surface area (Å²) in [5, 5.41) is 8.75. The lowest BCUT2D eigenvalue weighted by molar-refractivity contribution is 0.0659. The Labute approximate surface area is 115 Å². The molecule has 4 heteroatoms. The highest BCUT2D eigenvalue weighted by Gasteiger charge is 2.07. The normalized spacial score (nSPS) is 10.4. The number of benzene rings is 2. The molecule has 0 fully saturated rings. The van der Waals surface area contributed by atoms with E-state index in [1.165, 1.54) is 30.5 Å². The maximum atomic E-state index is 11.7. The lowest BCUT2D eigenvalue weighted by Gasteiger charge is -2.00. The van der Waals surface area contributed by atoms with Crippen molar-refractivity contribution in [3.8, 4) is 0 Å². The van der Waals surface area contributed by atoms with Crippen molar-refractivity contribution in [2.24, 2.45) is 0 Å². The molecule has 0 unspecified atom stereocenters. The molecule has 0 aromatic heterocycles. The van der Waals surface area contributed by atoms with Gasteiger partial charge in [-0.15, -0.1) is 0 Å². The van der Waals surface area contributed by atoms with Crippen LogP contribution in [-0.2, 0) is 4.74 Å². The third-order valence-corrected chi connectivity index (χ3v) is 2.60. The minimum absolute atomic E-state index is 0.126. The van der Waals surface area contributed by atoms with Gasteiger partial charge in [-0.25, -0.2) is 9.59 Å². The Morgan fingerprint density at radius 2 is 1.50 bits per heavy atom. The Bertz CT molecular complexity index is 627. The fraction of sp³-hybridized carbons (Fsp3) is 0. The molecule has 0 spiro atoms. The first-order valence-corrected chi connectivity index (χ1v) is 5.93. The zero-order valence-electron chi connectivity index (χ0n) is 10.5. The summed E-state index contributed by atoms with van der Waals surface area (Å²) in [4.78, 5) is 22.4. The molecular formula is C16H12O4. The molecule has 0 aliphatic rings. The van der Waals surface area contributed by atoms with Gasteiger partial charge in [0.2, 0.25) is 0 Å². The van der Waals surface area contributed by atoms with E-state index in [9.17, 15) is 9.59 Å². The smallest absolute Gasteiger partial charge is 0.342 e. The second-order valence-electron chi connectivity index (χ2n) is 4.00. The third-order valence-electron chi connectivity index (χ3n) is 2.60. The van der Waals surface area contributed by atoms with E-state index in [2.05, 4.69) is 0 Å². The molecule has 0 aliphatic heterocycles. The molecule has 1 N–H and O–H groups in total. The zero-order valence-corrected chi connectivity index (χ0v) is 10.5. The van der Waals surface area contributed by atoms with Crippen LogP contribution in [0.2, 0.25) is 0 Å². The van der Waals surface area contributed by atoms with Gasteiger partial charge >= 0.3 is 11.9 Å². The van der Waals surface area contributed by atoms with E-state index in [0.717, 1.165) is 5.56 Å². The lowest BCUT2D eigenvalue weighted by Crippen LogP contribution is -2.02. The molecule has 100 valence electrons. The van der Waals surface area contributed by atoms with E-state index in [1.807, 2.05) is 30.3 Å². The largest absolute Gasteiger partial charge is 0.478 e. The van der Waals surface area contributed by atoms with Crippen molar-refractivity contribution >= 4 is 18.0 Å². The van der Waals surface area contributed by atoms with Crippen molar-refractivity contribution in [1.29, 1.82) is 0 Å². The van der Waals surface area contributed by atoms with Gasteiger partial charge in [-0.05, 0) is 35.9 Å². The molecule has 0 saturated heterocycles. The molecule has 0 saturated carbocycles. The first kappa shape index (κ1) is 13.5. The lowest BCUT2D eigenvalue weighted by atomic mass is 10.1. The maximum Gasteiger partial charge on any atom is 0.342 e. The van der Waals surface area contributed by atoms with Crippen LogP contribution in [0.3, 0.4) is 0 Å². The third kappa shape index (κ3) is 3.55. The van der Waals surface area contributed by atoms with Gasteiger partial charge in [-0.1, -0.05) is 30.3 Å². The number of rotatable bonds is 4. The second kappa shape index (κ2) is 6.33. The topological polar surface area (TPSA) is 63.6 Å². The van der Waals surface area contributed by atoms with Gasteiger partial charge in [-0.3, -0.25) is 0 Å². The Hall–Kier alpha value is -2.88. The van der Waals surface area contributed by atoms with Crippen molar-refractivity contribution in [1.82, 2.24) is 0 Å². The number of hydrogen-bond donors (Lipinski definition) is 1. The van der Waals surface area contributed by atoms with Gasteiger partial charge in [0.1, 0.15) is 0 Å². The van der Waals surface area contributed by atoms with E-state index in [4.69, 9.17) is 9.84 Å². The highest BCUT2D eigenvalue weighted by atomic mass is 16.5. The van der Waals surface area contributed by atoms with Crippen LogP contribution < -0.4 is 0 Å². The number of carboxylic acids is 1. The number of carboxylic acid groups (broad SMARTS) is 1. The Kier molecular flexibility index (Phi) is 4.29. The molecule has 0 aliphatic carbocycles. The summed E-state index contributed by atoms with van der Waals surface area (Å²) in [5.41, 5.74) is 1.34. The molecule has 0 amide bonds. The highest BCUT2D eigenvalue weighted by Crippen LogP contribution is 2.07. The van der Waals surface area contributed by atoms with Crippen LogP contribution in [0.25, 0.3) is 6.08 Å². The standard InChI is InChI=1S/C16H12O4/c17-15(18)13-6-8-14(9-7-13)16(19)20-11-10-12-4-2-1-3-5-12/h1-11H,(H,17,18). The molecule has 0 radical (unpaired) electrons. The molecular weight excluding hydrogens is 256 g/mol. The summed E-state index contributed by atoms with van der Waals surface area (Å²) in [6.07, 6.45) is 2.98. The summed E-state index contributed by atoms with van der Waals surface area (Å²) in [5.74, 6) is -1.57. The van der Waals surface area contributed by atoms with Crippen molar-refractivity contribution in [3.05, 3.63) is 77.5 Å². The molecule has 0 heterocycles. The maximum absolute atomic E-state index is 11.7. The average molecular weight is 268 g/mol. The van der Waals surface area contributed by atoms with E-state index in [-0.39, 0.29) is 5.56 Å². The van der Waals surface area contributed by atoms with Crippen LogP contribution in [-0.4, -0.2) is 17.0 Å². The SMILES string of the molecule is O=C(O)c1ccc(C(=O)OC=Cc2ccccc2)cc1. The summed E-state index contributed by atoms with van der Waals surface area (Å²) < 4.78 is 4.97. The quantitative estimate of drug-likeness (QED) is 0.683. The van der Waals surface area contributed by atoms with Crippen LogP contribution in [0.5, 0.6) is 0 Å². The van der Waals surface area contributed by atoms with Crippen molar-refractivity contribution in [3.63, 3.8) is 0 Å². The first-order valence-electron chi connectivity index (χ1n) is 5.93. The van der Waals surface area contributed by atoms with Gasteiger partial charge < -0.3 is 9.84 Å². The van der Waals surface area contributed by atoms with E-state index in [1.54, 1.807) is 6.08 Å². The number of ether oxygens (including phenoxy) is 1. The van der Waals surface area contributed by atoms with E-state index in [0.29, 0.717) is 5.56 Å². The molecule has 2 aromatic rings. The monoisotopic (exact) mass is 268 g/mol. The summed E-state index contributed by atoms with van der Waals surface area (Å²) in [6, 6.07) is 15.0. The fourth-order valence-corrected chi connectivity index (χ4v) is 1.56. The Morgan fingerprint density at radius 1 is 0.900 bits per heavy atom. The molecule has 2 rings (SSSR count). The molecule has 2 aromatic carbocycles. The fourth-order valence-electron chi connectivity index (χ4n) is 1.56.